The number of hydrogen-bond donors (Lipinski definition) is 2. The van der Waals surface area contributed by atoms with Crippen molar-refractivity contribution < 1.29 is 8.42 Å². The maximum absolute atomic E-state index is 12.6. The van der Waals surface area contributed by atoms with Crippen LogP contribution in [-0.2, 0) is 10.0 Å². The molecular formula is C12H20N4O2S. The summed E-state index contributed by atoms with van der Waals surface area (Å²) in [5, 5.41) is 0. The van der Waals surface area contributed by atoms with Gasteiger partial charge in [0.05, 0.1) is 5.69 Å². The van der Waals surface area contributed by atoms with Gasteiger partial charge in [0.15, 0.2) is 0 Å². The quantitative estimate of drug-likeness (QED) is 0.640. The zero-order valence-electron chi connectivity index (χ0n) is 11.0. The molecule has 0 amide bonds. The van der Waals surface area contributed by atoms with Crippen molar-refractivity contribution in [2.24, 2.45) is 11.8 Å². The first-order chi connectivity index (χ1) is 9.09. The fourth-order valence-electron chi connectivity index (χ4n) is 2.40. The Kier molecular flexibility index (Phi) is 4.38. The van der Waals surface area contributed by atoms with Gasteiger partial charge >= 0.3 is 0 Å². The molecule has 1 saturated heterocycles. The standard InChI is InChI=1S/C12H20N4O2S/c1-2-10-4-7-16(8-5-10)19(17,18)12-9-14-6-3-11(12)15-13/h3,6,9-10H,2,4-5,7-8,13H2,1H3,(H,14,15). The van der Waals surface area contributed by atoms with E-state index in [2.05, 4.69) is 17.3 Å². The van der Waals surface area contributed by atoms with Gasteiger partial charge < -0.3 is 5.43 Å². The fraction of sp³-hybridized carbons (Fsp3) is 0.583. The minimum atomic E-state index is -3.51. The Balaban J connectivity index is 2.23. The summed E-state index contributed by atoms with van der Waals surface area (Å²) in [5.41, 5.74) is 2.80. The number of nitrogens with two attached hydrogens (primary N) is 1. The maximum Gasteiger partial charge on any atom is 0.246 e. The van der Waals surface area contributed by atoms with Crippen molar-refractivity contribution in [2.45, 2.75) is 31.1 Å². The van der Waals surface area contributed by atoms with Gasteiger partial charge in [-0.05, 0) is 24.8 Å². The number of rotatable bonds is 4. The van der Waals surface area contributed by atoms with Crippen molar-refractivity contribution in [3.05, 3.63) is 18.5 Å². The van der Waals surface area contributed by atoms with Crippen LogP contribution in [0.15, 0.2) is 23.4 Å². The van der Waals surface area contributed by atoms with Crippen LogP contribution in [-0.4, -0.2) is 30.8 Å². The van der Waals surface area contributed by atoms with Gasteiger partial charge in [0, 0.05) is 25.5 Å². The molecule has 0 aliphatic carbocycles. The molecule has 0 radical (unpaired) electrons. The predicted molar refractivity (Wildman–Crippen MR) is 73.8 cm³/mol. The third-order valence-corrected chi connectivity index (χ3v) is 5.63. The molecule has 0 atom stereocenters. The lowest BCUT2D eigenvalue weighted by atomic mass is 9.96. The SMILES string of the molecule is CCC1CCN(S(=O)(=O)c2cnccc2NN)CC1. The Bertz CT molecular complexity index is 524. The van der Waals surface area contributed by atoms with Gasteiger partial charge in [0.1, 0.15) is 4.90 Å². The van der Waals surface area contributed by atoms with E-state index in [4.69, 9.17) is 5.84 Å². The highest BCUT2D eigenvalue weighted by molar-refractivity contribution is 7.89. The average molecular weight is 284 g/mol. The van der Waals surface area contributed by atoms with Crippen molar-refractivity contribution in [1.82, 2.24) is 9.29 Å². The highest BCUT2D eigenvalue weighted by Gasteiger charge is 2.30. The smallest absolute Gasteiger partial charge is 0.246 e. The van der Waals surface area contributed by atoms with Gasteiger partial charge in [-0.15, -0.1) is 0 Å². The molecule has 1 aromatic rings. The van der Waals surface area contributed by atoms with Gasteiger partial charge in [-0.3, -0.25) is 10.8 Å². The number of anilines is 1. The lowest BCUT2D eigenvalue weighted by Gasteiger charge is -2.30. The topological polar surface area (TPSA) is 88.3 Å². The van der Waals surface area contributed by atoms with E-state index in [0.717, 1.165) is 19.3 Å². The second kappa shape index (κ2) is 5.85. The molecule has 0 bridgehead atoms. The molecule has 1 aliphatic heterocycles. The molecule has 0 spiro atoms. The number of nitrogens with one attached hydrogen (secondary N) is 1. The van der Waals surface area contributed by atoms with Gasteiger partial charge in [-0.1, -0.05) is 13.3 Å². The van der Waals surface area contributed by atoms with Crippen LogP contribution >= 0.6 is 0 Å². The number of nitrogens with zero attached hydrogens (tertiary/aromatic N) is 2. The van der Waals surface area contributed by atoms with Gasteiger partial charge in [0.25, 0.3) is 0 Å². The zero-order chi connectivity index (χ0) is 13.9. The Morgan fingerprint density at radius 1 is 1.47 bits per heavy atom. The van der Waals surface area contributed by atoms with Crippen LogP contribution in [0.4, 0.5) is 5.69 Å². The number of nitrogen functional groups attached to an aromatic ring is 1. The number of aromatic nitrogens is 1. The molecule has 1 aliphatic rings. The van der Waals surface area contributed by atoms with E-state index in [1.807, 2.05) is 0 Å². The van der Waals surface area contributed by atoms with Crippen LogP contribution in [0.5, 0.6) is 0 Å². The molecule has 0 unspecified atom stereocenters. The summed E-state index contributed by atoms with van der Waals surface area (Å²) in [5.74, 6) is 5.99. The maximum atomic E-state index is 12.6. The zero-order valence-corrected chi connectivity index (χ0v) is 11.9. The molecule has 2 rings (SSSR count). The summed E-state index contributed by atoms with van der Waals surface area (Å²) in [6, 6.07) is 1.56. The van der Waals surface area contributed by atoms with Gasteiger partial charge in [-0.25, -0.2) is 8.42 Å². The van der Waals surface area contributed by atoms with Crippen molar-refractivity contribution in [3.8, 4) is 0 Å². The summed E-state index contributed by atoms with van der Waals surface area (Å²) < 4.78 is 26.6. The third-order valence-electron chi connectivity index (χ3n) is 3.71. The molecular weight excluding hydrogens is 264 g/mol. The summed E-state index contributed by atoms with van der Waals surface area (Å²) in [7, 11) is -3.51. The molecule has 0 aromatic carbocycles. The molecule has 3 N–H and O–H groups in total. The number of hydrogen-bond acceptors (Lipinski definition) is 5. The van der Waals surface area contributed by atoms with Crippen molar-refractivity contribution >= 4 is 15.7 Å². The van der Waals surface area contributed by atoms with Crippen molar-refractivity contribution in [3.63, 3.8) is 0 Å². The van der Waals surface area contributed by atoms with E-state index in [0.29, 0.717) is 24.7 Å². The van der Waals surface area contributed by atoms with Crippen LogP contribution in [0, 0.1) is 5.92 Å². The first-order valence-corrected chi connectivity index (χ1v) is 7.94. The molecule has 1 fully saturated rings. The molecule has 0 saturated carbocycles. The largest absolute Gasteiger partial charge is 0.323 e. The summed E-state index contributed by atoms with van der Waals surface area (Å²) in [6.45, 7) is 3.28. The van der Waals surface area contributed by atoms with Gasteiger partial charge in [0.2, 0.25) is 10.0 Å². The first-order valence-electron chi connectivity index (χ1n) is 6.50. The van der Waals surface area contributed by atoms with Crippen LogP contribution in [0.25, 0.3) is 0 Å². The molecule has 1 aromatic heterocycles. The normalized spacial score (nSPS) is 18.4. The lowest BCUT2D eigenvalue weighted by molar-refractivity contribution is 0.269. The first kappa shape index (κ1) is 14.2. The molecule has 106 valence electrons. The highest BCUT2D eigenvalue weighted by atomic mass is 32.2. The summed E-state index contributed by atoms with van der Waals surface area (Å²) in [6.07, 6.45) is 5.80. The molecule has 2 heterocycles. The van der Waals surface area contributed by atoms with E-state index in [9.17, 15) is 8.42 Å². The highest BCUT2D eigenvalue weighted by Crippen LogP contribution is 2.28. The summed E-state index contributed by atoms with van der Waals surface area (Å²) in [4.78, 5) is 4.03. The van der Waals surface area contributed by atoms with E-state index >= 15 is 0 Å². The number of hydrazine groups is 1. The van der Waals surface area contributed by atoms with Gasteiger partial charge in [-0.2, -0.15) is 4.31 Å². The average Bonchev–Trinajstić information content (AvgIpc) is 2.47. The summed E-state index contributed by atoms with van der Waals surface area (Å²) >= 11 is 0. The number of pyridine rings is 1. The second-order valence-corrected chi connectivity index (χ2v) is 6.68. The van der Waals surface area contributed by atoms with Crippen LogP contribution in [0.2, 0.25) is 0 Å². The van der Waals surface area contributed by atoms with Crippen LogP contribution in [0.1, 0.15) is 26.2 Å². The Hall–Kier alpha value is -1.18. The number of sulfonamides is 1. The minimum absolute atomic E-state index is 0.146. The monoisotopic (exact) mass is 284 g/mol. The molecule has 19 heavy (non-hydrogen) atoms. The lowest BCUT2D eigenvalue weighted by Crippen LogP contribution is -2.38. The van der Waals surface area contributed by atoms with Crippen LogP contribution in [0.3, 0.4) is 0 Å². The Morgan fingerprint density at radius 3 is 2.74 bits per heavy atom. The van der Waals surface area contributed by atoms with Crippen LogP contribution < -0.4 is 11.3 Å². The second-order valence-electron chi connectivity index (χ2n) is 4.77. The molecule has 6 nitrogen and oxygen atoms in total. The van der Waals surface area contributed by atoms with Crippen molar-refractivity contribution in [1.29, 1.82) is 0 Å². The van der Waals surface area contributed by atoms with E-state index in [1.165, 1.54) is 16.7 Å². The predicted octanol–water partition coefficient (Wildman–Crippen LogP) is 1.18. The van der Waals surface area contributed by atoms with E-state index < -0.39 is 10.0 Å². The Labute approximate surface area is 114 Å². The number of piperidine rings is 1. The third kappa shape index (κ3) is 2.88. The fourth-order valence-corrected chi connectivity index (χ4v) is 3.97. The van der Waals surface area contributed by atoms with Crippen molar-refractivity contribution in [2.75, 3.05) is 18.5 Å². The Morgan fingerprint density at radius 2 is 2.16 bits per heavy atom. The van der Waals surface area contributed by atoms with E-state index in [1.54, 1.807) is 6.07 Å². The minimum Gasteiger partial charge on any atom is -0.323 e. The van der Waals surface area contributed by atoms with E-state index in [-0.39, 0.29) is 4.90 Å². The molecule has 7 heteroatoms.